The zero-order valence-corrected chi connectivity index (χ0v) is 8.72. The molecule has 0 atom stereocenters. The summed E-state index contributed by atoms with van der Waals surface area (Å²) in [7, 11) is 0. The van der Waals surface area contributed by atoms with Gasteiger partial charge in [0.1, 0.15) is 0 Å². The minimum atomic E-state index is -0.0312. The molecule has 0 spiro atoms. The lowest BCUT2D eigenvalue weighted by atomic mass is 9.97. The van der Waals surface area contributed by atoms with Gasteiger partial charge in [-0.3, -0.25) is 0 Å². The molecular weight excluding hydrogens is 164 g/mol. The van der Waals surface area contributed by atoms with Gasteiger partial charge in [0, 0.05) is 10.8 Å². The number of nitrogens with zero attached hydrogens (tertiary/aromatic N) is 2. The molecule has 1 aliphatic carbocycles. The van der Waals surface area contributed by atoms with E-state index in [1.54, 1.807) is 0 Å². The Morgan fingerprint density at radius 3 is 2.23 bits per heavy atom. The van der Waals surface area contributed by atoms with E-state index < -0.39 is 0 Å². The summed E-state index contributed by atoms with van der Waals surface area (Å²) in [4.78, 5) is 0. The Balaban J connectivity index is 2.29. The van der Waals surface area contributed by atoms with Crippen molar-refractivity contribution < 1.29 is 4.42 Å². The second-order valence-corrected chi connectivity index (χ2v) is 5.22. The van der Waals surface area contributed by atoms with Crippen LogP contribution in [0.3, 0.4) is 0 Å². The van der Waals surface area contributed by atoms with Crippen LogP contribution < -0.4 is 0 Å². The summed E-state index contributed by atoms with van der Waals surface area (Å²) >= 11 is 0. The van der Waals surface area contributed by atoms with Gasteiger partial charge < -0.3 is 4.42 Å². The molecule has 0 amide bonds. The van der Waals surface area contributed by atoms with Gasteiger partial charge in [0.15, 0.2) is 0 Å². The van der Waals surface area contributed by atoms with Gasteiger partial charge in [-0.2, -0.15) is 0 Å². The van der Waals surface area contributed by atoms with Crippen LogP contribution in [0.15, 0.2) is 4.42 Å². The summed E-state index contributed by atoms with van der Waals surface area (Å²) in [6.45, 7) is 8.42. The van der Waals surface area contributed by atoms with E-state index in [9.17, 15) is 0 Å². The van der Waals surface area contributed by atoms with Crippen LogP contribution in [0.1, 0.15) is 52.3 Å². The van der Waals surface area contributed by atoms with Crippen molar-refractivity contribution in [1.29, 1.82) is 0 Å². The highest BCUT2D eigenvalue weighted by molar-refractivity contribution is 5.12. The maximum atomic E-state index is 5.65. The molecular formula is C10H16N2O. The first-order valence-electron chi connectivity index (χ1n) is 4.76. The molecule has 0 aliphatic heterocycles. The molecule has 1 aromatic rings. The molecule has 13 heavy (non-hydrogen) atoms. The fraction of sp³-hybridized carbons (Fsp3) is 0.800. The summed E-state index contributed by atoms with van der Waals surface area (Å²) in [6.07, 6.45) is 2.36. The van der Waals surface area contributed by atoms with Gasteiger partial charge in [0.25, 0.3) is 0 Å². The minimum absolute atomic E-state index is 0.0312. The number of aromatic nitrogens is 2. The standard InChI is InChI=1S/C10H16N2O/c1-9(2,3)7-11-12-8(13-7)10(4)5-6-10/h5-6H2,1-4H3. The Morgan fingerprint density at radius 1 is 1.23 bits per heavy atom. The first kappa shape index (κ1) is 8.73. The van der Waals surface area contributed by atoms with Crippen LogP contribution in [0.25, 0.3) is 0 Å². The van der Waals surface area contributed by atoms with Crippen LogP contribution in [0.4, 0.5) is 0 Å². The molecule has 0 aromatic carbocycles. The Bertz CT molecular complexity index is 298. The lowest BCUT2D eigenvalue weighted by molar-refractivity contribution is 0.355. The van der Waals surface area contributed by atoms with Crippen LogP contribution >= 0.6 is 0 Å². The number of hydrogen-bond acceptors (Lipinski definition) is 3. The average molecular weight is 180 g/mol. The van der Waals surface area contributed by atoms with Crippen molar-refractivity contribution in [2.24, 2.45) is 0 Å². The maximum absolute atomic E-state index is 5.65. The number of rotatable bonds is 1. The highest BCUT2D eigenvalue weighted by atomic mass is 16.4. The summed E-state index contributed by atoms with van der Waals surface area (Å²) in [5.74, 6) is 1.56. The van der Waals surface area contributed by atoms with E-state index in [4.69, 9.17) is 4.42 Å². The fourth-order valence-electron chi connectivity index (χ4n) is 1.17. The molecule has 0 unspecified atom stereocenters. The Morgan fingerprint density at radius 2 is 1.85 bits per heavy atom. The first-order chi connectivity index (χ1) is 5.92. The van der Waals surface area contributed by atoms with Gasteiger partial charge in [0.2, 0.25) is 11.8 Å². The molecule has 1 fully saturated rings. The molecule has 1 heterocycles. The van der Waals surface area contributed by atoms with E-state index in [1.807, 2.05) is 0 Å². The predicted octanol–water partition coefficient (Wildman–Crippen LogP) is 2.42. The van der Waals surface area contributed by atoms with Gasteiger partial charge in [-0.15, -0.1) is 10.2 Å². The van der Waals surface area contributed by atoms with E-state index in [1.165, 1.54) is 12.8 Å². The average Bonchev–Trinajstić information content (AvgIpc) is 2.60. The smallest absolute Gasteiger partial charge is 0.222 e. The van der Waals surface area contributed by atoms with Crippen molar-refractivity contribution in [2.75, 3.05) is 0 Å². The van der Waals surface area contributed by atoms with E-state index >= 15 is 0 Å². The van der Waals surface area contributed by atoms with Crippen molar-refractivity contribution in [3.8, 4) is 0 Å². The normalized spacial score (nSPS) is 20.3. The summed E-state index contributed by atoms with van der Waals surface area (Å²) in [5, 5.41) is 8.18. The molecule has 3 heteroatoms. The molecule has 1 saturated carbocycles. The van der Waals surface area contributed by atoms with Crippen molar-refractivity contribution >= 4 is 0 Å². The van der Waals surface area contributed by atoms with Crippen molar-refractivity contribution in [2.45, 2.75) is 51.4 Å². The van der Waals surface area contributed by atoms with E-state index in [-0.39, 0.29) is 10.8 Å². The maximum Gasteiger partial charge on any atom is 0.222 e. The Kier molecular flexibility index (Phi) is 1.57. The van der Waals surface area contributed by atoms with Crippen LogP contribution in [0.5, 0.6) is 0 Å². The summed E-state index contributed by atoms with van der Waals surface area (Å²) in [5.41, 5.74) is 0.160. The van der Waals surface area contributed by atoms with Gasteiger partial charge in [0.05, 0.1) is 0 Å². The molecule has 0 radical (unpaired) electrons. The minimum Gasteiger partial charge on any atom is -0.424 e. The van der Waals surface area contributed by atoms with Crippen molar-refractivity contribution in [3.63, 3.8) is 0 Å². The van der Waals surface area contributed by atoms with Crippen molar-refractivity contribution in [3.05, 3.63) is 11.8 Å². The molecule has 72 valence electrons. The third-order valence-corrected chi connectivity index (χ3v) is 2.58. The summed E-state index contributed by atoms with van der Waals surface area (Å²) < 4.78 is 5.65. The molecule has 0 N–H and O–H groups in total. The van der Waals surface area contributed by atoms with Gasteiger partial charge in [-0.1, -0.05) is 27.7 Å². The lowest BCUT2D eigenvalue weighted by Crippen LogP contribution is -2.11. The van der Waals surface area contributed by atoms with Crippen LogP contribution in [0, 0.1) is 0 Å². The zero-order valence-electron chi connectivity index (χ0n) is 8.72. The quantitative estimate of drug-likeness (QED) is 0.666. The molecule has 2 rings (SSSR count). The third kappa shape index (κ3) is 1.47. The van der Waals surface area contributed by atoms with E-state index in [0.717, 1.165) is 11.8 Å². The predicted molar refractivity (Wildman–Crippen MR) is 49.6 cm³/mol. The zero-order chi connectivity index (χ0) is 9.69. The molecule has 0 bridgehead atoms. The molecule has 1 aliphatic rings. The van der Waals surface area contributed by atoms with Crippen LogP contribution in [-0.2, 0) is 10.8 Å². The monoisotopic (exact) mass is 180 g/mol. The van der Waals surface area contributed by atoms with Gasteiger partial charge >= 0.3 is 0 Å². The SMILES string of the molecule is CC(C)(C)c1nnc(C2(C)CC2)o1. The molecule has 0 saturated heterocycles. The largest absolute Gasteiger partial charge is 0.424 e. The second kappa shape index (κ2) is 2.34. The lowest BCUT2D eigenvalue weighted by Gasteiger charge is -2.11. The van der Waals surface area contributed by atoms with E-state index in [0.29, 0.717) is 0 Å². The Hall–Kier alpha value is -0.860. The fourth-order valence-corrected chi connectivity index (χ4v) is 1.17. The highest BCUT2D eigenvalue weighted by Gasteiger charge is 2.44. The van der Waals surface area contributed by atoms with E-state index in [2.05, 4.69) is 37.9 Å². The van der Waals surface area contributed by atoms with Crippen molar-refractivity contribution in [1.82, 2.24) is 10.2 Å². The molecule has 3 nitrogen and oxygen atoms in total. The Labute approximate surface area is 78.5 Å². The van der Waals surface area contributed by atoms with Crippen LogP contribution in [-0.4, -0.2) is 10.2 Å². The van der Waals surface area contributed by atoms with Gasteiger partial charge in [-0.05, 0) is 12.8 Å². The van der Waals surface area contributed by atoms with Crippen LogP contribution in [0.2, 0.25) is 0 Å². The first-order valence-corrected chi connectivity index (χ1v) is 4.76. The molecule has 1 aromatic heterocycles. The summed E-state index contributed by atoms with van der Waals surface area (Å²) in [6, 6.07) is 0. The van der Waals surface area contributed by atoms with Gasteiger partial charge in [-0.25, -0.2) is 0 Å². The topological polar surface area (TPSA) is 38.9 Å². The highest BCUT2D eigenvalue weighted by Crippen LogP contribution is 2.47. The second-order valence-electron chi connectivity index (χ2n) is 5.22. The third-order valence-electron chi connectivity index (χ3n) is 2.58. The number of hydrogen-bond donors (Lipinski definition) is 0.